The molecule has 0 bridgehead atoms. The van der Waals surface area contributed by atoms with Crippen molar-refractivity contribution in [3.63, 3.8) is 0 Å². The van der Waals surface area contributed by atoms with E-state index in [-0.39, 0.29) is 24.5 Å². The average molecular weight is 358 g/mol. The first kappa shape index (κ1) is 17.8. The number of hydrogen-bond donors (Lipinski definition) is 2. The van der Waals surface area contributed by atoms with Crippen LogP contribution in [-0.2, 0) is 4.79 Å². The summed E-state index contributed by atoms with van der Waals surface area (Å²) in [5, 5.41) is 9.20. The summed E-state index contributed by atoms with van der Waals surface area (Å²) in [6.45, 7) is 4.06. The van der Waals surface area contributed by atoms with E-state index >= 15 is 0 Å². The van der Waals surface area contributed by atoms with E-state index in [1.165, 1.54) is 4.90 Å². The fourth-order valence-electron chi connectivity index (χ4n) is 2.55. The number of nitrogens with one attached hydrogen (secondary N) is 2. The zero-order valence-electron chi connectivity index (χ0n) is 14.8. The van der Waals surface area contributed by atoms with E-state index < -0.39 is 0 Å². The molecule has 2 N–H and O–H groups in total. The largest absolute Gasteiger partial charge is 0.492 e. The molecule has 1 fully saturated rings. The fraction of sp³-hybridized carbons (Fsp3) is 0.389. The highest BCUT2D eigenvalue weighted by Gasteiger charge is 2.34. The van der Waals surface area contributed by atoms with Gasteiger partial charge in [0.15, 0.2) is 5.82 Å². The molecule has 1 heterocycles. The Morgan fingerprint density at radius 3 is 2.73 bits per heavy atom. The summed E-state index contributed by atoms with van der Waals surface area (Å²) in [6.07, 6.45) is 1.77. The van der Waals surface area contributed by atoms with Crippen molar-refractivity contribution in [2.75, 3.05) is 23.8 Å². The number of nitrogens with zero attached hydrogens (tertiary/aromatic N) is 2. The summed E-state index contributed by atoms with van der Waals surface area (Å²) < 4.78 is 10.4. The quantitative estimate of drug-likeness (QED) is 0.793. The number of ether oxygens (including phenoxy) is 1. The van der Waals surface area contributed by atoms with Crippen molar-refractivity contribution in [3.05, 3.63) is 36.1 Å². The van der Waals surface area contributed by atoms with Crippen LogP contribution in [0, 0.1) is 6.92 Å². The van der Waals surface area contributed by atoms with Crippen molar-refractivity contribution in [1.29, 1.82) is 0 Å². The molecular weight excluding hydrogens is 336 g/mol. The topological polar surface area (TPSA) is 96.7 Å². The number of anilines is 2. The molecule has 2 aromatic rings. The molecule has 0 unspecified atom stereocenters. The van der Waals surface area contributed by atoms with Crippen LogP contribution in [0.4, 0.5) is 16.3 Å². The first-order valence-electron chi connectivity index (χ1n) is 8.59. The molecule has 138 valence electrons. The van der Waals surface area contributed by atoms with Crippen LogP contribution in [0.15, 0.2) is 34.9 Å². The Bertz CT molecular complexity index is 785. The standard InChI is InChI=1S/C18H22N4O4/c1-3-25-15-7-5-4-6-14(15)19-18(24)22(13-8-9-13)11-17(23)20-16-10-12(2)26-21-16/h4-7,10,13H,3,8-9,11H2,1-2H3,(H,19,24)(H,20,21,23). The Hall–Kier alpha value is -3.03. The van der Waals surface area contributed by atoms with Crippen LogP contribution in [0.3, 0.4) is 0 Å². The third-order valence-corrected chi connectivity index (χ3v) is 3.89. The van der Waals surface area contributed by atoms with Crippen LogP contribution in [0.5, 0.6) is 5.75 Å². The molecule has 1 aromatic heterocycles. The molecule has 8 heteroatoms. The maximum atomic E-state index is 12.7. The number of amides is 3. The van der Waals surface area contributed by atoms with Gasteiger partial charge >= 0.3 is 6.03 Å². The van der Waals surface area contributed by atoms with Gasteiger partial charge in [-0.3, -0.25) is 4.79 Å². The maximum Gasteiger partial charge on any atom is 0.322 e. The normalized spacial score (nSPS) is 13.2. The van der Waals surface area contributed by atoms with E-state index in [0.29, 0.717) is 29.6 Å². The average Bonchev–Trinajstić information content (AvgIpc) is 3.37. The SMILES string of the molecule is CCOc1ccccc1NC(=O)N(CC(=O)Nc1cc(C)on1)C1CC1. The van der Waals surface area contributed by atoms with Crippen molar-refractivity contribution in [2.45, 2.75) is 32.7 Å². The van der Waals surface area contributed by atoms with Crippen molar-refractivity contribution in [1.82, 2.24) is 10.1 Å². The lowest BCUT2D eigenvalue weighted by atomic mass is 10.3. The van der Waals surface area contributed by atoms with Gasteiger partial charge in [0.05, 0.1) is 12.3 Å². The first-order valence-corrected chi connectivity index (χ1v) is 8.59. The molecule has 3 amide bonds. The molecule has 0 aliphatic heterocycles. The zero-order chi connectivity index (χ0) is 18.5. The van der Waals surface area contributed by atoms with Crippen LogP contribution in [0.25, 0.3) is 0 Å². The minimum Gasteiger partial charge on any atom is -0.492 e. The molecule has 1 saturated carbocycles. The second-order valence-corrected chi connectivity index (χ2v) is 6.09. The highest BCUT2D eigenvalue weighted by Crippen LogP contribution is 2.29. The van der Waals surface area contributed by atoms with Gasteiger partial charge in [0.1, 0.15) is 18.1 Å². The minimum absolute atomic E-state index is 0.0563. The number of carbonyl (C=O) groups is 2. The third-order valence-electron chi connectivity index (χ3n) is 3.89. The number of carbonyl (C=O) groups excluding carboxylic acids is 2. The summed E-state index contributed by atoms with van der Waals surface area (Å²) in [5.74, 6) is 1.22. The van der Waals surface area contributed by atoms with Gasteiger partial charge in [0, 0.05) is 12.1 Å². The minimum atomic E-state index is -0.328. The van der Waals surface area contributed by atoms with Gasteiger partial charge in [-0.05, 0) is 38.8 Å². The summed E-state index contributed by atoms with van der Waals surface area (Å²) >= 11 is 0. The molecule has 8 nitrogen and oxygen atoms in total. The molecule has 1 aliphatic carbocycles. The predicted octanol–water partition coefficient (Wildman–Crippen LogP) is 3.02. The van der Waals surface area contributed by atoms with E-state index in [0.717, 1.165) is 12.8 Å². The van der Waals surface area contributed by atoms with Crippen LogP contribution in [-0.4, -0.2) is 41.2 Å². The molecule has 1 aromatic carbocycles. The van der Waals surface area contributed by atoms with E-state index in [2.05, 4.69) is 15.8 Å². The highest BCUT2D eigenvalue weighted by atomic mass is 16.5. The number of aromatic nitrogens is 1. The Kier molecular flexibility index (Phi) is 5.40. The Labute approximate surface area is 151 Å². The number of rotatable bonds is 7. The van der Waals surface area contributed by atoms with Crippen molar-refractivity contribution >= 4 is 23.4 Å². The molecule has 3 rings (SSSR count). The molecule has 0 saturated heterocycles. The van der Waals surface area contributed by atoms with Crippen LogP contribution in [0.2, 0.25) is 0 Å². The number of para-hydroxylation sites is 2. The number of aryl methyl sites for hydroxylation is 1. The smallest absolute Gasteiger partial charge is 0.322 e. The van der Waals surface area contributed by atoms with Crippen LogP contribution < -0.4 is 15.4 Å². The molecule has 0 spiro atoms. The van der Waals surface area contributed by atoms with Crippen molar-refractivity contribution in [2.24, 2.45) is 0 Å². The zero-order valence-corrected chi connectivity index (χ0v) is 14.8. The van der Waals surface area contributed by atoms with E-state index in [9.17, 15) is 9.59 Å². The van der Waals surface area contributed by atoms with Crippen LogP contribution >= 0.6 is 0 Å². The predicted molar refractivity (Wildman–Crippen MR) is 96.2 cm³/mol. The maximum absolute atomic E-state index is 12.7. The van der Waals surface area contributed by atoms with Gasteiger partial charge in [0.25, 0.3) is 0 Å². The molecule has 1 aliphatic rings. The van der Waals surface area contributed by atoms with E-state index in [1.807, 2.05) is 19.1 Å². The van der Waals surface area contributed by atoms with Gasteiger partial charge in [-0.2, -0.15) is 0 Å². The number of hydrogen-bond acceptors (Lipinski definition) is 5. The fourth-order valence-corrected chi connectivity index (χ4v) is 2.55. The Morgan fingerprint density at radius 1 is 1.31 bits per heavy atom. The number of benzene rings is 1. The van der Waals surface area contributed by atoms with Gasteiger partial charge in [-0.1, -0.05) is 17.3 Å². The number of urea groups is 1. The lowest BCUT2D eigenvalue weighted by Crippen LogP contribution is -2.42. The molecule has 0 atom stereocenters. The van der Waals surface area contributed by atoms with Crippen molar-refractivity contribution < 1.29 is 18.8 Å². The molecule has 26 heavy (non-hydrogen) atoms. The highest BCUT2D eigenvalue weighted by molar-refractivity contribution is 5.97. The van der Waals surface area contributed by atoms with Gasteiger partial charge in [-0.25, -0.2) is 4.79 Å². The van der Waals surface area contributed by atoms with Gasteiger partial charge in [-0.15, -0.1) is 0 Å². The van der Waals surface area contributed by atoms with Gasteiger partial charge < -0.3 is 24.8 Å². The monoisotopic (exact) mass is 358 g/mol. The second kappa shape index (κ2) is 7.90. The Balaban J connectivity index is 1.64. The Morgan fingerprint density at radius 2 is 2.08 bits per heavy atom. The summed E-state index contributed by atoms with van der Waals surface area (Å²) in [5.41, 5.74) is 0.581. The van der Waals surface area contributed by atoms with E-state index in [4.69, 9.17) is 9.26 Å². The third kappa shape index (κ3) is 4.53. The summed E-state index contributed by atoms with van der Waals surface area (Å²) in [4.78, 5) is 26.5. The van der Waals surface area contributed by atoms with Gasteiger partial charge in [0.2, 0.25) is 5.91 Å². The molecule has 0 radical (unpaired) electrons. The lowest BCUT2D eigenvalue weighted by molar-refractivity contribution is -0.116. The van der Waals surface area contributed by atoms with E-state index in [1.54, 1.807) is 25.1 Å². The molecular formula is C18H22N4O4. The first-order chi connectivity index (χ1) is 12.6. The summed E-state index contributed by atoms with van der Waals surface area (Å²) in [6, 6.07) is 8.58. The second-order valence-electron chi connectivity index (χ2n) is 6.09. The summed E-state index contributed by atoms with van der Waals surface area (Å²) in [7, 11) is 0. The lowest BCUT2D eigenvalue weighted by Gasteiger charge is -2.22. The van der Waals surface area contributed by atoms with Crippen LogP contribution in [0.1, 0.15) is 25.5 Å². The van der Waals surface area contributed by atoms with Crippen molar-refractivity contribution in [3.8, 4) is 5.75 Å².